The Labute approximate surface area is 333 Å². The van der Waals surface area contributed by atoms with Gasteiger partial charge in [0, 0.05) is 25.1 Å². The molecule has 5 rings (SSSR count). The summed E-state index contributed by atoms with van der Waals surface area (Å²) in [7, 11) is -5.61. The van der Waals surface area contributed by atoms with Gasteiger partial charge in [0.25, 0.3) is 11.8 Å². The molecule has 1 saturated carbocycles. The second kappa shape index (κ2) is 18.3. The molecule has 4 amide bonds. The smallest absolute Gasteiger partial charge is 0.384 e. The minimum absolute atomic E-state index is 0.0878. The molecule has 0 spiro atoms. The van der Waals surface area contributed by atoms with E-state index in [0.29, 0.717) is 5.56 Å². The van der Waals surface area contributed by atoms with Gasteiger partial charge in [-0.3, -0.25) is 24.0 Å². The summed E-state index contributed by atoms with van der Waals surface area (Å²) in [4.78, 5) is 69.0. The molecule has 2 fully saturated rings. The predicted octanol–water partition coefficient (Wildman–Crippen LogP) is 2.72. The van der Waals surface area contributed by atoms with Crippen LogP contribution in [0, 0.1) is 5.92 Å². The number of rotatable bonds is 17. The largest absolute Gasteiger partial charge is 0.511 e. The molecule has 6 N–H and O–H groups in total. The average molecular weight is 835 g/mol. The predicted molar refractivity (Wildman–Crippen MR) is 204 cm³/mol. The van der Waals surface area contributed by atoms with Crippen LogP contribution in [-0.2, 0) is 34.8 Å². The summed E-state index contributed by atoms with van der Waals surface area (Å²) in [6.45, 7) is 2.26. The first-order valence-corrected chi connectivity index (χ1v) is 20.7. The number of alkyl halides is 3. The Balaban J connectivity index is 1.41. The number of carbonyl (C=O) groups is 5. The van der Waals surface area contributed by atoms with Gasteiger partial charge in [0.05, 0.1) is 24.0 Å². The first-order valence-electron chi connectivity index (χ1n) is 19.2. The first kappa shape index (κ1) is 44.2. The van der Waals surface area contributed by atoms with Crippen LogP contribution in [0.25, 0.3) is 10.8 Å². The van der Waals surface area contributed by atoms with Crippen LogP contribution in [0.1, 0.15) is 100 Å². The maximum atomic E-state index is 14.8. The number of unbranched alkanes of at least 4 members (excludes halogenated alkanes) is 1. The summed E-state index contributed by atoms with van der Waals surface area (Å²) >= 11 is 0. The number of hydrogen-bond donors (Lipinski definition) is 5. The highest BCUT2D eigenvalue weighted by atomic mass is 32.2. The molecule has 1 aliphatic heterocycles. The minimum atomic E-state index is -5.61. The fraction of sp³-hybridized carbons (Fsp3) is 0.553. The zero-order valence-corrected chi connectivity index (χ0v) is 33.0. The van der Waals surface area contributed by atoms with E-state index in [1.54, 1.807) is 18.2 Å². The Morgan fingerprint density at radius 3 is 2.31 bits per heavy atom. The quantitative estimate of drug-likeness (QED) is 0.0985. The van der Waals surface area contributed by atoms with Crippen molar-refractivity contribution in [3.63, 3.8) is 0 Å². The summed E-state index contributed by atoms with van der Waals surface area (Å²) in [6.07, 6.45) is 5.57. The highest BCUT2D eigenvalue weighted by molar-refractivity contribution is 7.90. The van der Waals surface area contributed by atoms with Crippen molar-refractivity contribution in [2.75, 3.05) is 13.1 Å². The minimum Gasteiger partial charge on any atom is -0.384 e. The van der Waals surface area contributed by atoms with Gasteiger partial charge < -0.3 is 26.4 Å². The van der Waals surface area contributed by atoms with E-state index in [1.807, 2.05) is 24.3 Å². The number of likely N-dealkylation sites (tertiary alicyclic amines) is 1. The summed E-state index contributed by atoms with van der Waals surface area (Å²) < 4.78 is 63.8. The molecule has 58 heavy (non-hydrogen) atoms. The van der Waals surface area contributed by atoms with Crippen LogP contribution in [0.4, 0.5) is 13.2 Å². The molecule has 3 aromatic rings. The number of ketones is 1. The molecule has 16 nitrogen and oxygen atoms in total. The number of nitrogens with one attached hydrogen (secondary N) is 3. The van der Waals surface area contributed by atoms with Crippen molar-refractivity contribution < 1.29 is 50.7 Å². The zero-order valence-electron chi connectivity index (χ0n) is 32.2. The van der Waals surface area contributed by atoms with Crippen molar-refractivity contribution in [2.45, 2.75) is 113 Å². The standard InChI is InChI=1S/C38H49F3N8O8S/c1-37(2,55)31-21-43-47-49(31)27-20-30(35(53)45-28(32(50)33(42)51)14-8-9-17-44-58(56,57)38(39,40)41)48(22-27)36(54)29(18-23-10-4-3-5-11-23)46-34(52)26-16-15-24-12-6-7-13-25(24)19-26/h6-7,12-13,15-16,19,21,23,27-30,44,55H,3-5,8-11,14,17-18,20,22H2,1-2H3,(H2,42,51)(H,45,53)(H,46,52)/t27-,28?,29?,30-/m0/s1. The van der Waals surface area contributed by atoms with Gasteiger partial charge in [0.1, 0.15) is 17.7 Å². The molecule has 2 aliphatic rings. The topological polar surface area (TPSA) is 236 Å². The highest BCUT2D eigenvalue weighted by Gasteiger charge is 2.47. The summed E-state index contributed by atoms with van der Waals surface area (Å²) in [6, 6.07) is 8.01. The number of aromatic nitrogens is 3. The van der Waals surface area contributed by atoms with E-state index in [4.69, 9.17) is 5.73 Å². The lowest BCUT2D eigenvalue weighted by atomic mass is 9.84. The number of nitrogens with two attached hydrogens (primary N) is 1. The Bertz CT molecular complexity index is 2100. The average Bonchev–Trinajstić information content (AvgIpc) is 3.85. The molecule has 2 unspecified atom stereocenters. The lowest BCUT2D eigenvalue weighted by molar-refractivity contribution is -0.142. The van der Waals surface area contributed by atoms with Crippen molar-refractivity contribution in [3.8, 4) is 0 Å². The number of carbonyl (C=O) groups excluding carboxylic acids is 5. The molecule has 2 aromatic carbocycles. The van der Waals surface area contributed by atoms with Gasteiger partial charge in [-0.15, -0.1) is 5.10 Å². The third-order valence-corrected chi connectivity index (χ3v) is 11.9. The lowest BCUT2D eigenvalue weighted by Crippen LogP contribution is -2.56. The van der Waals surface area contributed by atoms with Crippen molar-refractivity contribution in [2.24, 2.45) is 11.7 Å². The Hall–Kier alpha value is -4.95. The van der Waals surface area contributed by atoms with Crippen molar-refractivity contribution in [1.29, 1.82) is 0 Å². The van der Waals surface area contributed by atoms with Crippen molar-refractivity contribution in [3.05, 3.63) is 59.9 Å². The summed E-state index contributed by atoms with van der Waals surface area (Å²) in [5.41, 5.74) is -1.07. The Kier molecular flexibility index (Phi) is 13.9. The monoisotopic (exact) mass is 834 g/mol. The van der Waals surface area contributed by atoms with Crippen molar-refractivity contribution in [1.82, 2.24) is 35.2 Å². The Morgan fingerprint density at radius 1 is 0.966 bits per heavy atom. The molecule has 4 atom stereocenters. The van der Waals surface area contributed by atoms with E-state index in [2.05, 4.69) is 20.9 Å². The van der Waals surface area contributed by atoms with Gasteiger partial charge in [0.15, 0.2) is 0 Å². The van der Waals surface area contributed by atoms with Crippen LogP contribution in [0.3, 0.4) is 0 Å². The van der Waals surface area contributed by atoms with Crippen LogP contribution in [0.15, 0.2) is 48.7 Å². The molecule has 0 bridgehead atoms. The molecular weight excluding hydrogens is 786 g/mol. The van der Waals surface area contributed by atoms with E-state index in [1.165, 1.54) is 34.3 Å². The number of benzene rings is 2. The van der Waals surface area contributed by atoms with E-state index in [-0.39, 0.29) is 50.3 Å². The third-order valence-electron chi connectivity index (χ3n) is 10.7. The second-order valence-electron chi connectivity index (χ2n) is 15.5. The molecule has 20 heteroatoms. The molecule has 1 aliphatic carbocycles. The molecule has 1 aromatic heterocycles. The summed E-state index contributed by atoms with van der Waals surface area (Å²) in [5, 5.41) is 26.1. The molecule has 316 valence electrons. The van der Waals surface area contributed by atoms with Crippen LogP contribution >= 0.6 is 0 Å². The van der Waals surface area contributed by atoms with Crippen LogP contribution in [0.5, 0.6) is 0 Å². The van der Waals surface area contributed by atoms with Gasteiger partial charge >= 0.3 is 15.5 Å². The summed E-state index contributed by atoms with van der Waals surface area (Å²) in [5.74, 6) is -4.46. The number of fused-ring (bicyclic) bond motifs is 1. The number of sulfonamides is 1. The van der Waals surface area contributed by atoms with Gasteiger partial charge in [-0.2, -0.15) is 13.2 Å². The number of Topliss-reactive ketones (excluding diaryl/α,β-unsaturated/α-hetero) is 1. The van der Waals surface area contributed by atoms with Crippen LogP contribution in [0.2, 0.25) is 0 Å². The maximum Gasteiger partial charge on any atom is 0.511 e. The number of primary amides is 1. The lowest BCUT2D eigenvalue weighted by Gasteiger charge is -2.32. The van der Waals surface area contributed by atoms with Crippen LogP contribution in [-0.4, -0.2) is 99.6 Å². The number of hydrogen-bond acceptors (Lipinski definition) is 10. The van der Waals surface area contributed by atoms with E-state index in [0.717, 1.165) is 42.9 Å². The molecule has 1 saturated heterocycles. The van der Waals surface area contributed by atoms with Gasteiger partial charge in [-0.25, -0.2) is 17.8 Å². The number of amides is 4. The first-order chi connectivity index (χ1) is 27.3. The van der Waals surface area contributed by atoms with E-state index >= 15 is 0 Å². The van der Waals surface area contributed by atoms with Crippen LogP contribution < -0.4 is 21.1 Å². The molecule has 0 radical (unpaired) electrons. The maximum absolute atomic E-state index is 14.8. The number of halogens is 3. The fourth-order valence-corrected chi connectivity index (χ4v) is 8.23. The fourth-order valence-electron chi connectivity index (χ4n) is 7.65. The third kappa shape index (κ3) is 10.8. The highest BCUT2D eigenvalue weighted by Crippen LogP contribution is 2.34. The van der Waals surface area contributed by atoms with Gasteiger partial charge in [-0.05, 0) is 68.4 Å². The van der Waals surface area contributed by atoms with Crippen molar-refractivity contribution >= 4 is 50.2 Å². The molecular formula is C38H49F3N8O8S. The van der Waals surface area contributed by atoms with Gasteiger partial charge in [0.2, 0.25) is 17.6 Å². The normalized spacial score (nSPS) is 19.1. The number of aliphatic hydroxyl groups is 1. The SMILES string of the molecule is CC(C)(O)c1cnnn1[C@H]1C[C@@H](C(=O)NC(CCCCNS(=O)(=O)C(F)(F)F)C(=O)C(N)=O)N(C(=O)C(CC2CCCCC2)NC(=O)c2ccc3ccccc3c2)C1. The zero-order chi connectivity index (χ0) is 42.4. The van der Waals surface area contributed by atoms with E-state index < -0.39 is 81.3 Å². The number of nitrogens with zero attached hydrogens (tertiary/aromatic N) is 4. The molecule has 2 heterocycles. The van der Waals surface area contributed by atoms with E-state index in [9.17, 15) is 50.7 Å². The second-order valence-corrected chi connectivity index (χ2v) is 17.2. The Morgan fingerprint density at radius 2 is 1.66 bits per heavy atom. The van der Waals surface area contributed by atoms with Gasteiger partial charge in [-0.1, -0.05) is 67.6 Å².